The van der Waals surface area contributed by atoms with Gasteiger partial charge in [0.05, 0.1) is 7.11 Å². The molecule has 6 nitrogen and oxygen atoms in total. The number of fused-ring (bicyclic) bond motifs is 1. The van der Waals surface area contributed by atoms with Crippen LogP contribution in [0.4, 0.5) is 0 Å². The predicted octanol–water partition coefficient (Wildman–Crippen LogP) is 1.44. The highest BCUT2D eigenvalue weighted by atomic mass is 16.5. The monoisotopic (exact) mass is 328 g/mol. The van der Waals surface area contributed by atoms with Crippen molar-refractivity contribution in [1.29, 1.82) is 0 Å². The minimum absolute atomic E-state index is 0.111. The number of nitrogens with zero attached hydrogens (tertiary/aromatic N) is 2. The molecule has 1 aliphatic carbocycles. The van der Waals surface area contributed by atoms with Crippen LogP contribution in [0.5, 0.6) is 5.75 Å². The molecule has 24 heavy (non-hydrogen) atoms. The Morgan fingerprint density at radius 2 is 2.29 bits per heavy atom. The third kappa shape index (κ3) is 3.28. The molecule has 0 spiro atoms. The predicted molar refractivity (Wildman–Crippen MR) is 92.2 cm³/mol. The molecule has 1 aromatic heterocycles. The molecule has 2 N–H and O–H groups in total. The van der Waals surface area contributed by atoms with Gasteiger partial charge in [-0.05, 0) is 37.0 Å². The van der Waals surface area contributed by atoms with Crippen LogP contribution in [0.25, 0.3) is 0 Å². The maximum Gasteiger partial charge on any atom is 0.271 e. The van der Waals surface area contributed by atoms with Crippen LogP contribution in [0.1, 0.15) is 33.7 Å². The Labute approximate surface area is 142 Å². The average Bonchev–Trinajstić information content (AvgIpc) is 2.95. The Kier molecular flexibility index (Phi) is 4.85. The molecular weight excluding hydrogens is 304 g/mol. The van der Waals surface area contributed by atoms with Crippen molar-refractivity contribution in [3.05, 3.63) is 46.8 Å². The normalized spacial score (nSPS) is 16.5. The molecule has 1 heterocycles. The number of rotatable bonds is 5. The zero-order chi connectivity index (χ0) is 17.1. The second-order valence-electron chi connectivity index (χ2n) is 6.15. The highest BCUT2D eigenvalue weighted by Crippen LogP contribution is 2.24. The third-order valence-corrected chi connectivity index (χ3v) is 4.63. The Hall–Kier alpha value is -2.34. The molecule has 0 bridgehead atoms. The molecule has 0 saturated heterocycles. The molecule has 1 unspecified atom stereocenters. The van der Waals surface area contributed by atoms with Gasteiger partial charge in [-0.15, -0.1) is 0 Å². The van der Waals surface area contributed by atoms with Crippen LogP contribution in [0.2, 0.25) is 0 Å². The summed E-state index contributed by atoms with van der Waals surface area (Å²) in [4.78, 5) is 12.0. The lowest BCUT2D eigenvalue weighted by Crippen LogP contribution is -2.35. The van der Waals surface area contributed by atoms with Gasteiger partial charge in [0.2, 0.25) is 0 Å². The van der Waals surface area contributed by atoms with Crippen LogP contribution in [-0.4, -0.2) is 35.9 Å². The van der Waals surface area contributed by atoms with Gasteiger partial charge < -0.3 is 15.4 Å². The fourth-order valence-corrected chi connectivity index (χ4v) is 3.31. The van der Waals surface area contributed by atoms with Gasteiger partial charge in [0, 0.05) is 37.9 Å². The number of amides is 1. The van der Waals surface area contributed by atoms with E-state index in [4.69, 9.17) is 4.74 Å². The first-order valence-corrected chi connectivity index (χ1v) is 8.25. The zero-order valence-electron chi connectivity index (χ0n) is 14.4. The van der Waals surface area contributed by atoms with Crippen LogP contribution in [0, 0.1) is 0 Å². The number of carbonyl (C=O) groups is 1. The van der Waals surface area contributed by atoms with Crippen molar-refractivity contribution in [1.82, 2.24) is 20.4 Å². The minimum Gasteiger partial charge on any atom is -0.497 e. The minimum atomic E-state index is -0.111. The summed E-state index contributed by atoms with van der Waals surface area (Å²) in [5.74, 6) is 0.759. The number of carbonyl (C=O) groups excluding carboxylic acids is 1. The van der Waals surface area contributed by atoms with E-state index in [1.807, 2.05) is 29.9 Å². The third-order valence-electron chi connectivity index (χ3n) is 4.63. The van der Waals surface area contributed by atoms with E-state index in [9.17, 15) is 4.79 Å². The highest BCUT2D eigenvalue weighted by molar-refractivity contribution is 5.93. The van der Waals surface area contributed by atoms with Crippen LogP contribution in [0.15, 0.2) is 24.3 Å². The van der Waals surface area contributed by atoms with Gasteiger partial charge in [-0.25, -0.2) is 0 Å². The Balaban J connectivity index is 1.69. The molecule has 1 aliphatic rings. The number of benzene rings is 1. The molecule has 1 aromatic carbocycles. The quantitative estimate of drug-likeness (QED) is 0.871. The van der Waals surface area contributed by atoms with E-state index < -0.39 is 0 Å². The summed E-state index contributed by atoms with van der Waals surface area (Å²) in [5.41, 5.74) is 4.00. The zero-order valence-corrected chi connectivity index (χ0v) is 14.4. The van der Waals surface area contributed by atoms with Crippen molar-refractivity contribution in [2.24, 2.45) is 7.05 Å². The van der Waals surface area contributed by atoms with Crippen LogP contribution in [-0.2, 0) is 26.4 Å². The van der Waals surface area contributed by atoms with Crippen LogP contribution >= 0.6 is 0 Å². The number of methoxy groups -OCH3 is 1. The lowest BCUT2D eigenvalue weighted by molar-refractivity contribution is 0.0956. The second kappa shape index (κ2) is 7.05. The summed E-state index contributed by atoms with van der Waals surface area (Å²) in [6, 6.07) is 8.42. The first kappa shape index (κ1) is 16.5. The number of nitrogens with one attached hydrogen (secondary N) is 2. The van der Waals surface area contributed by atoms with E-state index in [2.05, 4.69) is 21.8 Å². The molecule has 1 atom stereocenters. The Morgan fingerprint density at radius 3 is 3.04 bits per heavy atom. The Bertz CT molecular complexity index is 739. The van der Waals surface area contributed by atoms with Crippen molar-refractivity contribution in [3.63, 3.8) is 0 Å². The van der Waals surface area contributed by atoms with Crippen molar-refractivity contribution in [2.75, 3.05) is 14.2 Å². The van der Waals surface area contributed by atoms with Gasteiger partial charge in [-0.3, -0.25) is 9.48 Å². The van der Waals surface area contributed by atoms with Gasteiger partial charge >= 0.3 is 0 Å². The lowest BCUT2D eigenvalue weighted by atomic mass is 9.91. The van der Waals surface area contributed by atoms with Crippen LogP contribution in [0.3, 0.4) is 0 Å². The fourth-order valence-electron chi connectivity index (χ4n) is 3.31. The number of hydrogen-bond acceptors (Lipinski definition) is 4. The van der Waals surface area contributed by atoms with Crippen molar-refractivity contribution in [3.8, 4) is 5.75 Å². The first-order chi connectivity index (χ1) is 11.6. The SMILES string of the molecule is CNC(=O)c1nn(C)c2c1CC(NCc1cccc(OC)c1)CC2. The fraction of sp³-hybridized carbons (Fsp3) is 0.444. The van der Waals surface area contributed by atoms with E-state index in [0.717, 1.165) is 37.1 Å². The average molecular weight is 328 g/mol. The number of aromatic nitrogens is 2. The van der Waals surface area contributed by atoms with E-state index in [0.29, 0.717) is 11.7 Å². The summed E-state index contributed by atoms with van der Waals surface area (Å²) in [7, 11) is 5.23. The topological polar surface area (TPSA) is 68.2 Å². The highest BCUT2D eigenvalue weighted by Gasteiger charge is 2.27. The molecule has 0 saturated carbocycles. The molecule has 0 aliphatic heterocycles. The molecule has 6 heteroatoms. The summed E-state index contributed by atoms with van der Waals surface area (Å²) in [6.07, 6.45) is 2.81. The molecule has 3 rings (SSSR count). The standard InChI is InChI=1S/C18H24N4O2/c1-19-18(23)17-15-10-13(7-8-16(15)22(2)21-17)20-11-12-5-4-6-14(9-12)24-3/h4-6,9,13,20H,7-8,10-11H2,1-3H3,(H,19,23). The molecule has 0 radical (unpaired) electrons. The number of hydrogen-bond donors (Lipinski definition) is 2. The van der Waals surface area contributed by atoms with Gasteiger partial charge in [-0.1, -0.05) is 12.1 Å². The van der Waals surface area contributed by atoms with Crippen molar-refractivity contribution in [2.45, 2.75) is 31.8 Å². The number of aryl methyl sites for hydroxylation is 1. The summed E-state index contributed by atoms with van der Waals surface area (Å²) in [5, 5.41) is 10.7. The van der Waals surface area contributed by atoms with E-state index in [1.54, 1.807) is 14.2 Å². The van der Waals surface area contributed by atoms with E-state index in [1.165, 1.54) is 11.3 Å². The largest absolute Gasteiger partial charge is 0.497 e. The maximum absolute atomic E-state index is 12.0. The van der Waals surface area contributed by atoms with Gasteiger partial charge in [-0.2, -0.15) is 5.10 Å². The summed E-state index contributed by atoms with van der Waals surface area (Å²) in [6.45, 7) is 0.784. The Morgan fingerprint density at radius 1 is 1.46 bits per heavy atom. The van der Waals surface area contributed by atoms with Gasteiger partial charge in [0.15, 0.2) is 5.69 Å². The van der Waals surface area contributed by atoms with E-state index >= 15 is 0 Å². The van der Waals surface area contributed by atoms with Crippen molar-refractivity contribution < 1.29 is 9.53 Å². The molecule has 128 valence electrons. The van der Waals surface area contributed by atoms with Gasteiger partial charge in [0.25, 0.3) is 5.91 Å². The van der Waals surface area contributed by atoms with Gasteiger partial charge in [0.1, 0.15) is 5.75 Å². The lowest BCUT2D eigenvalue weighted by Gasteiger charge is -2.24. The number of ether oxygens (including phenoxy) is 1. The summed E-state index contributed by atoms with van der Waals surface area (Å²) < 4.78 is 7.11. The maximum atomic E-state index is 12.0. The molecular formula is C18H24N4O2. The molecule has 2 aromatic rings. The first-order valence-electron chi connectivity index (χ1n) is 8.25. The summed E-state index contributed by atoms with van der Waals surface area (Å²) >= 11 is 0. The molecule has 1 amide bonds. The molecule has 0 fully saturated rings. The smallest absolute Gasteiger partial charge is 0.271 e. The van der Waals surface area contributed by atoms with Crippen molar-refractivity contribution >= 4 is 5.91 Å². The van der Waals surface area contributed by atoms with E-state index in [-0.39, 0.29) is 5.91 Å². The van der Waals surface area contributed by atoms with Crippen LogP contribution < -0.4 is 15.4 Å². The second-order valence-corrected chi connectivity index (χ2v) is 6.15.